The lowest BCUT2D eigenvalue weighted by Gasteiger charge is -2.17. The van der Waals surface area contributed by atoms with Crippen molar-refractivity contribution in [2.24, 2.45) is 11.7 Å². The van der Waals surface area contributed by atoms with Crippen LogP contribution in [0.25, 0.3) is 0 Å². The molecule has 5 nitrogen and oxygen atoms in total. The Kier molecular flexibility index (Phi) is 8.81. The van der Waals surface area contributed by atoms with E-state index in [1.54, 1.807) is 0 Å². The molecule has 1 saturated carbocycles. The summed E-state index contributed by atoms with van der Waals surface area (Å²) in [6.45, 7) is 2.74. The van der Waals surface area contributed by atoms with Crippen molar-refractivity contribution in [3.8, 4) is 0 Å². The number of pyridine rings is 1. The number of carbonyl (C=O) groups excluding carboxylic acids is 1. The zero-order valence-electron chi connectivity index (χ0n) is 13.9. The van der Waals surface area contributed by atoms with E-state index in [-0.39, 0.29) is 36.8 Å². The number of anilines is 1. The predicted octanol–water partition coefficient (Wildman–Crippen LogP) is 2.66. The lowest BCUT2D eigenvalue weighted by Crippen LogP contribution is -2.31. The Labute approximate surface area is 156 Å². The van der Waals surface area contributed by atoms with Gasteiger partial charge in [-0.1, -0.05) is 6.42 Å². The second-order valence-corrected chi connectivity index (χ2v) is 6.55. The summed E-state index contributed by atoms with van der Waals surface area (Å²) in [4.78, 5) is 18.8. The number of hydrogen-bond donors (Lipinski definition) is 2. The third-order valence-electron chi connectivity index (χ3n) is 4.90. The molecule has 2 aliphatic rings. The molecule has 2 heterocycles. The van der Waals surface area contributed by atoms with Crippen LogP contribution in [-0.4, -0.2) is 30.0 Å². The smallest absolute Gasteiger partial charge is 0.220 e. The number of nitrogens with two attached hydrogens (primary N) is 1. The van der Waals surface area contributed by atoms with E-state index in [2.05, 4.69) is 21.3 Å². The molecule has 2 fully saturated rings. The molecule has 136 valence electrons. The maximum Gasteiger partial charge on any atom is 0.220 e. The summed E-state index contributed by atoms with van der Waals surface area (Å²) >= 11 is 0. The first-order chi connectivity index (χ1) is 10.7. The zero-order valence-corrected chi connectivity index (χ0v) is 15.6. The summed E-state index contributed by atoms with van der Waals surface area (Å²) in [7, 11) is 0. The van der Waals surface area contributed by atoms with Gasteiger partial charge in [-0.05, 0) is 49.3 Å². The third kappa shape index (κ3) is 5.50. The van der Waals surface area contributed by atoms with Crippen molar-refractivity contribution in [2.45, 2.75) is 51.1 Å². The lowest BCUT2D eigenvalue weighted by atomic mass is 10.00. The second-order valence-electron chi connectivity index (χ2n) is 6.55. The first-order valence-electron chi connectivity index (χ1n) is 8.44. The van der Waals surface area contributed by atoms with Gasteiger partial charge >= 0.3 is 0 Å². The van der Waals surface area contributed by atoms with Crippen LogP contribution >= 0.6 is 24.8 Å². The first kappa shape index (κ1) is 21.0. The second kappa shape index (κ2) is 10.1. The molecule has 1 aliphatic carbocycles. The van der Waals surface area contributed by atoms with Crippen molar-refractivity contribution in [3.05, 3.63) is 23.9 Å². The summed E-state index contributed by atoms with van der Waals surface area (Å²) in [5, 5.41) is 3.02. The van der Waals surface area contributed by atoms with Gasteiger partial charge < -0.3 is 16.0 Å². The van der Waals surface area contributed by atoms with E-state index >= 15 is 0 Å². The van der Waals surface area contributed by atoms with Crippen LogP contribution in [0.1, 0.15) is 44.1 Å². The van der Waals surface area contributed by atoms with Crippen molar-refractivity contribution in [2.75, 3.05) is 18.0 Å². The lowest BCUT2D eigenvalue weighted by molar-refractivity contribution is -0.122. The normalized spacial score (nSPS) is 22.6. The van der Waals surface area contributed by atoms with Crippen LogP contribution in [0.4, 0.5) is 5.82 Å². The van der Waals surface area contributed by atoms with Gasteiger partial charge in [-0.2, -0.15) is 0 Å². The van der Waals surface area contributed by atoms with E-state index in [9.17, 15) is 4.79 Å². The van der Waals surface area contributed by atoms with Gasteiger partial charge in [0, 0.05) is 38.3 Å². The molecule has 3 rings (SSSR count). The van der Waals surface area contributed by atoms with Crippen LogP contribution < -0.4 is 16.0 Å². The minimum absolute atomic E-state index is 0. The van der Waals surface area contributed by atoms with E-state index in [1.807, 2.05) is 12.3 Å². The highest BCUT2D eigenvalue weighted by atomic mass is 35.5. The molecule has 2 atom stereocenters. The van der Waals surface area contributed by atoms with Crippen LogP contribution in [0.3, 0.4) is 0 Å². The minimum atomic E-state index is 0. The Morgan fingerprint density at radius 2 is 2.00 bits per heavy atom. The van der Waals surface area contributed by atoms with Crippen molar-refractivity contribution in [1.82, 2.24) is 10.3 Å². The molecule has 7 heteroatoms. The van der Waals surface area contributed by atoms with Gasteiger partial charge in [0.15, 0.2) is 0 Å². The fourth-order valence-corrected chi connectivity index (χ4v) is 3.52. The number of amides is 1. The van der Waals surface area contributed by atoms with Crippen molar-refractivity contribution >= 4 is 36.5 Å². The van der Waals surface area contributed by atoms with E-state index in [0.717, 1.165) is 43.7 Å². The van der Waals surface area contributed by atoms with Crippen LogP contribution in [0, 0.1) is 5.92 Å². The summed E-state index contributed by atoms with van der Waals surface area (Å²) in [6.07, 6.45) is 8.18. The Bertz CT molecular complexity index is 523. The average molecular weight is 375 g/mol. The summed E-state index contributed by atoms with van der Waals surface area (Å²) in [5.74, 6) is 1.50. The number of rotatable bonds is 5. The predicted molar refractivity (Wildman–Crippen MR) is 102 cm³/mol. The monoisotopic (exact) mass is 374 g/mol. The number of nitrogens with one attached hydrogen (secondary N) is 1. The highest BCUT2D eigenvalue weighted by Crippen LogP contribution is 2.26. The van der Waals surface area contributed by atoms with Crippen LogP contribution in [0.2, 0.25) is 0 Å². The van der Waals surface area contributed by atoms with Crippen molar-refractivity contribution < 1.29 is 4.79 Å². The topological polar surface area (TPSA) is 71.2 Å². The molecule has 1 aromatic rings. The minimum Gasteiger partial charge on any atom is -0.357 e. The van der Waals surface area contributed by atoms with Gasteiger partial charge in [0.05, 0.1) is 0 Å². The van der Waals surface area contributed by atoms with Gasteiger partial charge in [0.25, 0.3) is 0 Å². The Morgan fingerprint density at radius 3 is 2.67 bits per heavy atom. The molecule has 0 unspecified atom stereocenters. The van der Waals surface area contributed by atoms with Gasteiger partial charge in [-0.3, -0.25) is 4.79 Å². The van der Waals surface area contributed by atoms with Gasteiger partial charge in [0.2, 0.25) is 5.91 Å². The van der Waals surface area contributed by atoms with Crippen LogP contribution in [0.5, 0.6) is 0 Å². The number of halogens is 2. The highest BCUT2D eigenvalue weighted by Gasteiger charge is 2.25. The van der Waals surface area contributed by atoms with E-state index < -0.39 is 0 Å². The number of hydrogen-bond acceptors (Lipinski definition) is 4. The number of nitrogens with zero attached hydrogens (tertiary/aromatic N) is 2. The highest BCUT2D eigenvalue weighted by molar-refractivity contribution is 5.85. The molecule has 3 N–H and O–H groups in total. The van der Waals surface area contributed by atoms with E-state index in [1.165, 1.54) is 12.8 Å². The van der Waals surface area contributed by atoms with Crippen molar-refractivity contribution in [3.63, 3.8) is 0 Å². The summed E-state index contributed by atoms with van der Waals surface area (Å²) in [6, 6.07) is 4.27. The fourth-order valence-electron chi connectivity index (χ4n) is 3.52. The molecule has 0 spiro atoms. The maximum atomic E-state index is 12.1. The Morgan fingerprint density at radius 1 is 1.25 bits per heavy atom. The Hall–Kier alpha value is -1.04. The molecule has 1 saturated heterocycles. The molecule has 1 amide bonds. The molecule has 1 aromatic heterocycles. The zero-order chi connectivity index (χ0) is 15.4. The molecule has 0 radical (unpaired) electrons. The maximum absolute atomic E-state index is 12.1. The molecule has 0 aromatic carbocycles. The van der Waals surface area contributed by atoms with Crippen LogP contribution in [-0.2, 0) is 11.3 Å². The third-order valence-corrected chi connectivity index (χ3v) is 4.90. The summed E-state index contributed by atoms with van der Waals surface area (Å²) in [5.41, 5.74) is 7.14. The van der Waals surface area contributed by atoms with Gasteiger partial charge in [0.1, 0.15) is 5.82 Å². The summed E-state index contributed by atoms with van der Waals surface area (Å²) < 4.78 is 0. The van der Waals surface area contributed by atoms with Crippen molar-refractivity contribution in [1.29, 1.82) is 0 Å². The van der Waals surface area contributed by atoms with Crippen LogP contribution in [0.15, 0.2) is 18.3 Å². The largest absolute Gasteiger partial charge is 0.357 e. The Balaban J connectivity index is 0.00000144. The molecule has 24 heavy (non-hydrogen) atoms. The van der Waals surface area contributed by atoms with E-state index in [0.29, 0.717) is 18.9 Å². The molecular weight excluding hydrogens is 347 g/mol. The number of aromatic nitrogens is 1. The molecule has 1 aliphatic heterocycles. The molecular formula is C17H28Cl2N4O. The number of carbonyl (C=O) groups is 1. The van der Waals surface area contributed by atoms with Gasteiger partial charge in [-0.15, -0.1) is 24.8 Å². The molecule has 0 bridgehead atoms. The SMILES string of the molecule is Cl.Cl.N[C@@H]1CCC[C@H]1CC(=O)NCc1ccnc(N2CCCC2)c1. The van der Waals surface area contributed by atoms with E-state index in [4.69, 9.17) is 5.73 Å². The average Bonchev–Trinajstić information content (AvgIpc) is 3.18. The fraction of sp³-hybridized carbons (Fsp3) is 0.647. The first-order valence-corrected chi connectivity index (χ1v) is 8.44. The standard InChI is InChI=1S/C17H26N4O.2ClH/c18-15-5-3-4-14(15)11-17(22)20-12-13-6-7-19-16(10-13)21-8-1-2-9-21;;/h6-7,10,14-15H,1-5,8-9,11-12,18H2,(H,20,22);2*1H/t14-,15+;;/m0../s1. The quantitative estimate of drug-likeness (QED) is 0.830. The van der Waals surface area contributed by atoms with Gasteiger partial charge in [-0.25, -0.2) is 4.98 Å².